The average Bonchev–Trinajstić information content (AvgIpc) is 3.12. The molecule has 1 aromatic carbocycles. The molecule has 0 N–H and O–H groups in total. The van der Waals surface area contributed by atoms with Crippen molar-refractivity contribution in [3.8, 4) is 0 Å². The summed E-state index contributed by atoms with van der Waals surface area (Å²) in [6, 6.07) is 11.2. The van der Waals surface area contributed by atoms with Gasteiger partial charge in [-0.25, -0.2) is 3.97 Å². The van der Waals surface area contributed by atoms with Gasteiger partial charge in [-0.3, -0.25) is 4.90 Å². The number of likely N-dealkylation sites (tertiary alicyclic amines) is 1. The topological polar surface area (TPSA) is 42.3 Å². The molecule has 1 saturated heterocycles. The first-order chi connectivity index (χ1) is 10.7. The van der Waals surface area contributed by atoms with E-state index in [4.69, 9.17) is 0 Å². The van der Waals surface area contributed by atoms with Gasteiger partial charge in [0.15, 0.2) is 0 Å². The second-order valence-electron chi connectivity index (χ2n) is 5.53. The summed E-state index contributed by atoms with van der Waals surface area (Å²) in [5.41, 5.74) is 1.95. The predicted molar refractivity (Wildman–Crippen MR) is 88.7 cm³/mol. The van der Waals surface area contributed by atoms with Crippen molar-refractivity contribution in [1.29, 1.82) is 0 Å². The smallest absolute Gasteiger partial charge is 0.277 e. The third-order valence-electron chi connectivity index (χ3n) is 4.14. The Morgan fingerprint density at radius 2 is 1.95 bits per heavy atom. The Morgan fingerprint density at radius 3 is 2.64 bits per heavy atom. The zero-order valence-electron chi connectivity index (χ0n) is 12.0. The molecule has 1 aliphatic rings. The minimum Gasteiger partial charge on any atom is -0.299 e. The number of benzene rings is 1. The third-order valence-corrected chi connectivity index (χ3v) is 7.20. The molecule has 0 saturated carbocycles. The summed E-state index contributed by atoms with van der Waals surface area (Å²) in [7, 11) is -3.49. The van der Waals surface area contributed by atoms with Crippen LogP contribution in [0.1, 0.15) is 12.0 Å². The van der Waals surface area contributed by atoms with E-state index >= 15 is 0 Å². The Balaban J connectivity index is 1.82. The van der Waals surface area contributed by atoms with Crippen molar-refractivity contribution in [2.45, 2.75) is 17.2 Å². The first-order valence-corrected chi connectivity index (χ1v) is 9.58. The summed E-state index contributed by atoms with van der Waals surface area (Å²) in [5.74, 6) is 0. The lowest BCUT2D eigenvalue weighted by atomic mass is 10.1. The van der Waals surface area contributed by atoms with Gasteiger partial charge in [0.05, 0.1) is 5.52 Å². The fourth-order valence-electron chi connectivity index (χ4n) is 2.84. The number of rotatable bonds is 4. The molecule has 1 aliphatic heterocycles. The monoisotopic (exact) mass is 332 g/mol. The van der Waals surface area contributed by atoms with E-state index in [9.17, 15) is 8.42 Å². The van der Waals surface area contributed by atoms with Crippen LogP contribution in [0, 0.1) is 0 Å². The van der Waals surface area contributed by atoms with Gasteiger partial charge in [0.25, 0.3) is 10.0 Å². The first-order valence-electron chi connectivity index (χ1n) is 7.27. The van der Waals surface area contributed by atoms with Crippen molar-refractivity contribution < 1.29 is 8.42 Å². The third kappa shape index (κ3) is 2.18. The summed E-state index contributed by atoms with van der Waals surface area (Å²) in [6.45, 7) is 3.15. The summed E-state index contributed by atoms with van der Waals surface area (Å²) in [5, 5.41) is 2.81. The van der Waals surface area contributed by atoms with Crippen LogP contribution in [0.5, 0.6) is 0 Å². The van der Waals surface area contributed by atoms with Crippen LogP contribution in [-0.4, -0.2) is 30.4 Å². The van der Waals surface area contributed by atoms with Gasteiger partial charge in [0.1, 0.15) is 4.21 Å². The van der Waals surface area contributed by atoms with Crippen LogP contribution in [-0.2, 0) is 16.6 Å². The van der Waals surface area contributed by atoms with E-state index in [-0.39, 0.29) is 0 Å². The summed E-state index contributed by atoms with van der Waals surface area (Å²) < 4.78 is 27.2. The predicted octanol–water partition coefficient (Wildman–Crippen LogP) is 3.15. The average molecular weight is 332 g/mol. The highest BCUT2D eigenvalue weighted by Crippen LogP contribution is 2.28. The molecule has 0 aliphatic carbocycles. The highest BCUT2D eigenvalue weighted by molar-refractivity contribution is 7.92. The maximum Gasteiger partial charge on any atom is 0.277 e. The van der Waals surface area contributed by atoms with Gasteiger partial charge >= 0.3 is 0 Å². The lowest BCUT2D eigenvalue weighted by Crippen LogP contribution is -2.36. The van der Waals surface area contributed by atoms with Crippen molar-refractivity contribution in [1.82, 2.24) is 8.87 Å². The van der Waals surface area contributed by atoms with E-state index < -0.39 is 10.0 Å². The fourth-order valence-corrected chi connectivity index (χ4v) is 5.27. The van der Waals surface area contributed by atoms with E-state index in [1.807, 2.05) is 18.2 Å². The normalized spacial score (nSPS) is 16.0. The summed E-state index contributed by atoms with van der Waals surface area (Å²) in [4.78, 5) is 2.37. The standard InChI is InChI=1S/C16H16N2O2S2/c19-22(20,16-6-2-11-21-16)18-10-7-14-13(4-1-5-15(14)18)12-17-8-3-9-17/h1-2,4-7,10-11H,3,8-9,12H2. The van der Waals surface area contributed by atoms with Crippen LogP contribution in [0.2, 0.25) is 0 Å². The van der Waals surface area contributed by atoms with Crippen molar-refractivity contribution >= 4 is 32.3 Å². The maximum atomic E-state index is 12.7. The Bertz CT molecular complexity index is 907. The second kappa shape index (κ2) is 5.22. The number of thiophene rings is 1. The van der Waals surface area contributed by atoms with Crippen molar-refractivity contribution in [2.75, 3.05) is 13.1 Å². The maximum absolute atomic E-state index is 12.7. The minimum atomic E-state index is -3.49. The highest BCUT2D eigenvalue weighted by Gasteiger charge is 2.21. The largest absolute Gasteiger partial charge is 0.299 e. The van der Waals surface area contributed by atoms with Gasteiger partial charge in [-0.05, 0) is 48.7 Å². The van der Waals surface area contributed by atoms with Crippen LogP contribution >= 0.6 is 11.3 Å². The fraction of sp³-hybridized carbons (Fsp3) is 0.250. The van der Waals surface area contributed by atoms with Crippen LogP contribution in [0.4, 0.5) is 0 Å². The second-order valence-corrected chi connectivity index (χ2v) is 8.52. The van der Waals surface area contributed by atoms with E-state index in [1.165, 1.54) is 27.3 Å². The lowest BCUT2D eigenvalue weighted by Gasteiger charge is -2.30. The Hall–Kier alpha value is -1.63. The molecule has 4 nitrogen and oxygen atoms in total. The van der Waals surface area contributed by atoms with E-state index in [1.54, 1.807) is 23.7 Å². The van der Waals surface area contributed by atoms with Crippen LogP contribution in [0.15, 0.2) is 52.2 Å². The minimum absolute atomic E-state index is 0.373. The van der Waals surface area contributed by atoms with Crippen molar-refractivity contribution in [3.05, 3.63) is 53.5 Å². The van der Waals surface area contributed by atoms with Crippen molar-refractivity contribution in [2.24, 2.45) is 0 Å². The number of aromatic nitrogens is 1. The lowest BCUT2D eigenvalue weighted by molar-refractivity contribution is 0.173. The molecule has 3 aromatic rings. The Kier molecular flexibility index (Phi) is 3.32. The SMILES string of the molecule is O=S(=O)(c1cccs1)n1ccc2c(CN3CCC3)cccc21. The Labute approximate surface area is 133 Å². The number of hydrogen-bond donors (Lipinski definition) is 0. The summed E-state index contributed by atoms with van der Waals surface area (Å²) >= 11 is 1.25. The molecule has 3 heterocycles. The summed E-state index contributed by atoms with van der Waals surface area (Å²) in [6.07, 6.45) is 2.92. The molecule has 4 rings (SSSR count). The van der Waals surface area contributed by atoms with E-state index in [0.29, 0.717) is 4.21 Å². The molecular weight excluding hydrogens is 316 g/mol. The molecular formula is C16H16N2O2S2. The number of hydrogen-bond acceptors (Lipinski definition) is 4. The molecule has 0 spiro atoms. The van der Waals surface area contributed by atoms with Crippen molar-refractivity contribution in [3.63, 3.8) is 0 Å². The zero-order valence-corrected chi connectivity index (χ0v) is 13.6. The molecule has 0 atom stereocenters. The van der Waals surface area contributed by atoms with E-state index in [2.05, 4.69) is 11.0 Å². The molecule has 114 valence electrons. The molecule has 0 bridgehead atoms. The molecule has 0 amide bonds. The number of nitrogens with zero attached hydrogens (tertiary/aromatic N) is 2. The molecule has 6 heteroatoms. The molecule has 22 heavy (non-hydrogen) atoms. The van der Waals surface area contributed by atoms with Gasteiger partial charge in [-0.2, -0.15) is 8.42 Å². The van der Waals surface area contributed by atoms with Crippen LogP contribution in [0.3, 0.4) is 0 Å². The van der Waals surface area contributed by atoms with Gasteiger partial charge in [-0.15, -0.1) is 11.3 Å². The highest BCUT2D eigenvalue weighted by atomic mass is 32.2. The van der Waals surface area contributed by atoms with Gasteiger partial charge in [0, 0.05) is 18.1 Å². The van der Waals surface area contributed by atoms with Gasteiger partial charge in [-0.1, -0.05) is 18.2 Å². The van der Waals surface area contributed by atoms with E-state index in [0.717, 1.165) is 30.5 Å². The quantitative estimate of drug-likeness (QED) is 0.737. The molecule has 0 radical (unpaired) electrons. The molecule has 2 aromatic heterocycles. The van der Waals surface area contributed by atoms with Gasteiger partial charge < -0.3 is 0 Å². The van der Waals surface area contributed by atoms with Crippen LogP contribution < -0.4 is 0 Å². The number of fused-ring (bicyclic) bond motifs is 1. The molecule has 1 fully saturated rings. The first kappa shape index (κ1) is 14.0. The molecule has 0 unspecified atom stereocenters. The van der Waals surface area contributed by atoms with Gasteiger partial charge in [0.2, 0.25) is 0 Å². The Morgan fingerprint density at radius 1 is 1.09 bits per heavy atom. The van der Waals surface area contributed by atoms with Crippen LogP contribution in [0.25, 0.3) is 10.9 Å². The zero-order chi connectivity index (χ0) is 15.2.